The first-order valence-corrected chi connectivity index (χ1v) is 17.2. The molecule has 188 valence electrons. The molecule has 0 N–H and O–H groups in total. The number of allylic oxidation sites excluding steroid dienone is 2. The van der Waals surface area contributed by atoms with Gasteiger partial charge in [0.05, 0.1) is 0 Å². The van der Waals surface area contributed by atoms with Gasteiger partial charge in [0, 0.05) is 0 Å². The Balaban J connectivity index is 1.83. The molecule has 0 saturated heterocycles. The van der Waals surface area contributed by atoms with Gasteiger partial charge in [0.25, 0.3) is 0 Å². The molecule has 1 aliphatic carbocycles. The van der Waals surface area contributed by atoms with E-state index < -0.39 is 13.5 Å². The maximum absolute atomic E-state index is 14.7. The molecule has 6 rings (SSSR count). The van der Waals surface area contributed by atoms with Crippen LogP contribution in [-0.2, 0) is 0 Å². The third-order valence-electron chi connectivity index (χ3n) is 7.43. The van der Waals surface area contributed by atoms with Gasteiger partial charge in [-0.05, 0) is 0 Å². The number of para-hydroxylation sites is 1. The molecule has 0 fully saturated rings. The van der Waals surface area contributed by atoms with Crippen LogP contribution in [-0.4, -0.2) is 26.4 Å². The normalized spacial score (nSPS) is 15.4. The quantitative estimate of drug-likeness (QED) is 0.236. The van der Waals surface area contributed by atoms with E-state index in [2.05, 4.69) is 48.6 Å². The zero-order valence-electron chi connectivity index (χ0n) is 21.1. The Morgan fingerprint density at radius 3 is 1.53 bits per heavy atom. The fourth-order valence-corrected chi connectivity index (χ4v) is 15.6. The van der Waals surface area contributed by atoms with E-state index in [1.165, 1.54) is 4.57 Å². The predicted molar refractivity (Wildman–Crippen MR) is 156 cm³/mol. The fraction of sp³-hybridized carbons (Fsp3) is 0.125. The van der Waals surface area contributed by atoms with Crippen molar-refractivity contribution >= 4 is 26.7 Å². The Bertz CT molecular complexity index is 1570. The van der Waals surface area contributed by atoms with Gasteiger partial charge in [-0.2, -0.15) is 0 Å². The van der Waals surface area contributed by atoms with Crippen LogP contribution >= 0.6 is 0 Å². The molecule has 4 aromatic carbocycles. The van der Waals surface area contributed by atoms with Gasteiger partial charge in [-0.25, -0.2) is 0 Å². The van der Waals surface area contributed by atoms with Crippen molar-refractivity contribution in [3.63, 3.8) is 0 Å². The monoisotopic (exact) mass is 561 g/mol. The van der Waals surface area contributed by atoms with E-state index in [-0.39, 0.29) is 17.4 Å². The summed E-state index contributed by atoms with van der Waals surface area (Å²) in [5, 5.41) is 0. The summed E-state index contributed by atoms with van der Waals surface area (Å²) in [7, 11) is 0. The summed E-state index contributed by atoms with van der Waals surface area (Å²) in [5.41, 5.74) is -0.00690. The molecule has 1 aliphatic rings. The molecule has 6 heteroatoms. The summed E-state index contributed by atoms with van der Waals surface area (Å²) in [6, 6.07) is 40.0. The molecule has 38 heavy (non-hydrogen) atoms. The number of hydrogen-bond donors (Lipinski definition) is 0. The Kier molecular flexibility index (Phi) is 6.60. The molecule has 0 aliphatic heterocycles. The van der Waals surface area contributed by atoms with Gasteiger partial charge in [0.2, 0.25) is 0 Å². The zero-order chi connectivity index (χ0) is 26.0. The Morgan fingerprint density at radius 1 is 0.605 bits per heavy atom. The molecule has 0 amide bonds. The minimum absolute atomic E-state index is 0.199. The van der Waals surface area contributed by atoms with E-state index in [1.54, 1.807) is 4.68 Å². The van der Waals surface area contributed by atoms with Gasteiger partial charge < -0.3 is 0 Å². The molecule has 5 aromatic rings. The fourth-order valence-electron chi connectivity index (χ4n) is 5.75. The molecule has 1 atom stereocenters. The molecule has 0 radical (unpaired) electrons. The van der Waals surface area contributed by atoms with Gasteiger partial charge in [-0.3, -0.25) is 0 Å². The standard InChI is InChI=1S/C32H29GeN3O2/c37-31-34(29-22-12-4-13-23-29)32(38)36(35(31)30-24-14-5-15-25-30)33(26-16-6-1-7-17-26,27-18-8-2-9-19-27)28-20-10-3-11-21-28/h1-4,6-14,16-24,30H,5,15,25H2. The van der Waals surface area contributed by atoms with Crippen molar-refractivity contribution in [2.75, 3.05) is 0 Å². The summed E-state index contributed by atoms with van der Waals surface area (Å²) in [6.07, 6.45) is 7.00. The van der Waals surface area contributed by atoms with Crippen LogP contribution in [0.25, 0.3) is 5.69 Å². The van der Waals surface area contributed by atoms with Crippen LogP contribution in [0.1, 0.15) is 25.3 Å². The van der Waals surface area contributed by atoms with E-state index in [1.807, 2.05) is 88.6 Å². The van der Waals surface area contributed by atoms with Crippen molar-refractivity contribution in [1.29, 1.82) is 0 Å². The number of nitrogens with zero attached hydrogens (tertiary/aromatic N) is 3. The van der Waals surface area contributed by atoms with Crippen LogP contribution in [0.2, 0.25) is 0 Å². The van der Waals surface area contributed by atoms with Crippen LogP contribution in [0, 0.1) is 0 Å². The second kappa shape index (κ2) is 10.3. The third-order valence-corrected chi connectivity index (χ3v) is 17.0. The molecule has 1 heterocycles. The SMILES string of the molecule is O=c1n(-c2ccccc2)c(=O)[n]([Ge]([c]2ccccc2)([c]2ccccc2)[c]2ccccc2)n1C1C=CCCC1. The second-order valence-corrected chi connectivity index (χ2v) is 17.1. The molecule has 1 unspecified atom stereocenters. The maximum atomic E-state index is 14.7. The van der Waals surface area contributed by atoms with E-state index in [0.717, 1.165) is 32.5 Å². The van der Waals surface area contributed by atoms with Gasteiger partial charge in [0.15, 0.2) is 0 Å². The van der Waals surface area contributed by atoms with Gasteiger partial charge in [0.1, 0.15) is 0 Å². The minimum atomic E-state index is -4.08. The second-order valence-electron chi connectivity index (χ2n) is 9.63. The zero-order valence-corrected chi connectivity index (χ0v) is 23.2. The first-order valence-electron chi connectivity index (χ1n) is 13.1. The first-order chi connectivity index (χ1) is 18.7. The van der Waals surface area contributed by atoms with Crippen LogP contribution < -0.4 is 24.6 Å². The van der Waals surface area contributed by atoms with E-state index in [9.17, 15) is 9.59 Å². The molecular formula is C32H29GeN3O2. The molecule has 5 nitrogen and oxygen atoms in total. The Labute approximate surface area is 224 Å². The predicted octanol–water partition coefficient (Wildman–Crippen LogP) is 3.60. The number of benzene rings is 4. The first kappa shape index (κ1) is 24.3. The third kappa shape index (κ3) is 3.94. The van der Waals surface area contributed by atoms with Crippen molar-refractivity contribution < 1.29 is 0 Å². The van der Waals surface area contributed by atoms with Crippen molar-refractivity contribution in [3.8, 4) is 5.69 Å². The molecular weight excluding hydrogens is 531 g/mol. The molecule has 1 aromatic heterocycles. The van der Waals surface area contributed by atoms with Crippen molar-refractivity contribution in [3.05, 3.63) is 154 Å². The van der Waals surface area contributed by atoms with E-state index in [0.29, 0.717) is 5.69 Å². The topological polar surface area (TPSA) is 48.9 Å². The Hall–Kier alpha value is -4.10. The number of rotatable bonds is 6. The summed E-state index contributed by atoms with van der Waals surface area (Å²) in [5.74, 6) is 0. The van der Waals surface area contributed by atoms with E-state index >= 15 is 0 Å². The van der Waals surface area contributed by atoms with Crippen LogP contribution in [0.15, 0.2) is 143 Å². The van der Waals surface area contributed by atoms with Crippen LogP contribution in [0.5, 0.6) is 0 Å². The van der Waals surface area contributed by atoms with Gasteiger partial charge in [-0.15, -0.1) is 0 Å². The Morgan fingerprint density at radius 2 is 1.08 bits per heavy atom. The molecule has 0 spiro atoms. The average Bonchev–Trinajstić information content (AvgIpc) is 3.26. The average molecular weight is 560 g/mol. The molecule has 0 bridgehead atoms. The van der Waals surface area contributed by atoms with Crippen molar-refractivity contribution in [1.82, 2.24) is 12.9 Å². The summed E-state index contributed by atoms with van der Waals surface area (Å²) in [4.78, 5) is 29.1. The summed E-state index contributed by atoms with van der Waals surface area (Å²) < 4.78 is 8.30. The van der Waals surface area contributed by atoms with Gasteiger partial charge in [-0.1, -0.05) is 0 Å². The molecule has 0 saturated carbocycles. The van der Waals surface area contributed by atoms with Crippen LogP contribution in [0.3, 0.4) is 0 Å². The summed E-state index contributed by atoms with van der Waals surface area (Å²) in [6.45, 7) is 0. The van der Waals surface area contributed by atoms with E-state index in [4.69, 9.17) is 0 Å². The number of hydrogen-bond acceptors (Lipinski definition) is 2. The van der Waals surface area contributed by atoms with Crippen LogP contribution in [0.4, 0.5) is 0 Å². The van der Waals surface area contributed by atoms with Crippen molar-refractivity contribution in [2.45, 2.75) is 25.3 Å². The summed E-state index contributed by atoms with van der Waals surface area (Å²) >= 11 is -4.08. The number of aromatic nitrogens is 3. The van der Waals surface area contributed by atoms with Crippen molar-refractivity contribution in [2.24, 2.45) is 0 Å². The van der Waals surface area contributed by atoms with Gasteiger partial charge >= 0.3 is 225 Å².